The van der Waals surface area contributed by atoms with E-state index < -0.39 is 0 Å². The quantitative estimate of drug-likeness (QED) is 0.419. The smallest absolute Gasteiger partial charge is 0.298 e. The van der Waals surface area contributed by atoms with E-state index >= 15 is 0 Å². The number of rotatable bonds is 5. The third-order valence-electron chi connectivity index (χ3n) is 5.91. The maximum absolute atomic E-state index is 11.7. The van der Waals surface area contributed by atoms with Gasteiger partial charge in [-0.25, -0.2) is 9.50 Å². The number of ether oxygens (including phenoxy) is 1. The Hall–Kier alpha value is -4.89. The first-order valence-electron chi connectivity index (χ1n) is 11.1. The second kappa shape index (κ2) is 9.54. The van der Waals surface area contributed by atoms with Crippen molar-refractivity contribution in [1.82, 2.24) is 24.5 Å². The number of fused-ring (bicyclic) bond motifs is 1. The van der Waals surface area contributed by atoms with Crippen LogP contribution in [0.5, 0.6) is 5.75 Å². The number of amides is 1. The normalized spacial score (nSPS) is 13.3. The Morgan fingerprint density at radius 3 is 2.69 bits per heavy atom. The van der Waals surface area contributed by atoms with Gasteiger partial charge in [0.15, 0.2) is 0 Å². The molecule has 0 saturated carbocycles. The third-order valence-corrected chi connectivity index (χ3v) is 5.91. The summed E-state index contributed by atoms with van der Waals surface area (Å²) in [4.78, 5) is 24.3. The van der Waals surface area contributed by atoms with Crippen molar-refractivity contribution in [3.63, 3.8) is 0 Å². The van der Waals surface area contributed by atoms with Crippen LogP contribution < -0.4 is 9.64 Å². The highest BCUT2D eigenvalue weighted by Crippen LogP contribution is 2.31. The number of hydrogen-bond donors (Lipinski definition) is 0. The molecular weight excluding hydrogens is 442 g/mol. The Kier molecular flexibility index (Phi) is 5.98. The summed E-state index contributed by atoms with van der Waals surface area (Å²) in [5.74, 6) is 3.32. The molecule has 4 aromatic rings. The van der Waals surface area contributed by atoms with Crippen molar-refractivity contribution in [2.24, 2.45) is 0 Å². The monoisotopic (exact) mass is 463 g/mol. The number of aromatic nitrogens is 4. The van der Waals surface area contributed by atoms with Gasteiger partial charge in [-0.1, -0.05) is 6.07 Å². The number of nitrogens with zero attached hydrogens (tertiary/aromatic N) is 7. The second-order valence-corrected chi connectivity index (χ2v) is 8.03. The Morgan fingerprint density at radius 1 is 1.14 bits per heavy atom. The minimum Gasteiger partial charge on any atom is -0.487 e. The molecule has 1 aliphatic rings. The third kappa shape index (κ3) is 4.48. The molecule has 0 aliphatic carbocycles. The van der Waals surface area contributed by atoms with E-state index in [4.69, 9.17) is 11.2 Å². The van der Waals surface area contributed by atoms with E-state index in [2.05, 4.69) is 32.0 Å². The minimum absolute atomic E-state index is 0.281. The van der Waals surface area contributed by atoms with Gasteiger partial charge in [0.2, 0.25) is 0 Å². The maximum Gasteiger partial charge on any atom is 0.298 e. The number of piperazine rings is 1. The Bertz CT molecular complexity index is 1440. The largest absolute Gasteiger partial charge is 0.487 e. The van der Waals surface area contributed by atoms with Crippen LogP contribution in [0.3, 0.4) is 0 Å². The fourth-order valence-corrected chi connectivity index (χ4v) is 4.09. The first kappa shape index (κ1) is 21.9. The minimum atomic E-state index is -0.281. The lowest BCUT2D eigenvalue weighted by Gasteiger charge is -2.34. The molecule has 0 N–H and O–H groups in total. The highest BCUT2D eigenvalue weighted by atomic mass is 16.5. The molecule has 172 valence electrons. The summed E-state index contributed by atoms with van der Waals surface area (Å²) in [6.45, 7) is 2.79. The first-order chi connectivity index (χ1) is 17.2. The standard InChI is InChI=1S/C26H21N7O2/c1-2-25(34)32-10-8-31(9-11-32)24-6-5-20(15-29-24)23-12-22(35-18-19-4-3-7-28-14-19)17-33-26(23)21(13-27)16-30-33/h1,3-7,12,14-17H,8-11,18H2. The predicted octanol–water partition coefficient (Wildman–Crippen LogP) is 2.52. The van der Waals surface area contributed by atoms with Gasteiger partial charge < -0.3 is 14.5 Å². The lowest BCUT2D eigenvalue weighted by Crippen LogP contribution is -2.48. The summed E-state index contributed by atoms with van der Waals surface area (Å²) in [6.07, 6.45) is 13.8. The van der Waals surface area contributed by atoms with Crippen LogP contribution in [-0.4, -0.2) is 56.6 Å². The number of anilines is 1. The molecule has 9 nitrogen and oxygen atoms in total. The van der Waals surface area contributed by atoms with Gasteiger partial charge in [-0.15, -0.1) is 6.42 Å². The van der Waals surface area contributed by atoms with Gasteiger partial charge in [-0.05, 0) is 30.2 Å². The van der Waals surface area contributed by atoms with Crippen molar-refractivity contribution in [3.05, 3.63) is 72.4 Å². The summed E-state index contributed by atoms with van der Waals surface area (Å²) in [5, 5.41) is 13.9. The summed E-state index contributed by atoms with van der Waals surface area (Å²) in [7, 11) is 0. The summed E-state index contributed by atoms with van der Waals surface area (Å²) in [5.41, 5.74) is 3.74. The average molecular weight is 464 g/mol. The van der Waals surface area contributed by atoms with E-state index in [1.807, 2.05) is 30.3 Å². The van der Waals surface area contributed by atoms with Crippen molar-refractivity contribution in [3.8, 4) is 35.3 Å². The Morgan fingerprint density at radius 2 is 2.00 bits per heavy atom. The predicted molar refractivity (Wildman–Crippen MR) is 129 cm³/mol. The topological polar surface area (TPSA) is 99.6 Å². The van der Waals surface area contributed by atoms with E-state index in [-0.39, 0.29) is 5.91 Å². The van der Waals surface area contributed by atoms with Gasteiger partial charge in [0, 0.05) is 61.5 Å². The van der Waals surface area contributed by atoms with Crippen molar-refractivity contribution in [1.29, 1.82) is 5.26 Å². The van der Waals surface area contributed by atoms with E-state index in [9.17, 15) is 10.1 Å². The summed E-state index contributed by atoms with van der Waals surface area (Å²) >= 11 is 0. The lowest BCUT2D eigenvalue weighted by molar-refractivity contribution is -0.125. The maximum atomic E-state index is 11.7. The molecule has 1 saturated heterocycles. The SMILES string of the molecule is C#CC(=O)N1CCN(c2ccc(-c3cc(OCc4cccnc4)cn4ncc(C#N)c34)cn2)CC1. The zero-order chi connectivity index (χ0) is 24.2. The molecule has 9 heteroatoms. The van der Waals surface area contributed by atoms with E-state index in [1.54, 1.807) is 40.4 Å². The van der Waals surface area contributed by atoms with E-state index in [0.29, 0.717) is 49.6 Å². The number of hydrogen-bond acceptors (Lipinski definition) is 7. The molecule has 0 atom stereocenters. The molecule has 1 fully saturated rings. The van der Waals surface area contributed by atoms with Crippen LogP contribution in [0.15, 0.2) is 61.3 Å². The molecule has 5 heterocycles. The van der Waals surface area contributed by atoms with Crippen LogP contribution >= 0.6 is 0 Å². The van der Waals surface area contributed by atoms with Crippen LogP contribution in [0.1, 0.15) is 11.1 Å². The number of nitriles is 1. The van der Waals surface area contributed by atoms with Gasteiger partial charge in [0.1, 0.15) is 24.2 Å². The highest BCUT2D eigenvalue weighted by molar-refractivity contribution is 5.93. The van der Waals surface area contributed by atoms with Crippen LogP contribution in [0.4, 0.5) is 5.82 Å². The van der Waals surface area contributed by atoms with Crippen molar-refractivity contribution >= 4 is 17.2 Å². The van der Waals surface area contributed by atoms with Gasteiger partial charge in [0.25, 0.3) is 5.91 Å². The Balaban J connectivity index is 1.41. The summed E-state index contributed by atoms with van der Waals surface area (Å²) < 4.78 is 7.66. The van der Waals surface area contributed by atoms with Crippen molar-refractivity contribution < 1.29 is 9.53 Å². The molecule has 0 radical (unpaired) electrons. The van der Waals surface area contributed by atoms with Gasteiger partial charge >= 0.3 is 0 Å². The molecule has 1 amide bonds. The van der Waals surface area contributed by atoms with Gasteiger partial charge in [-0.3, -0.25) is 9.78 Å². The fraction of sp³-hybridized carbons (Fsp3) is 0.192. The summed E-state index contributed by atoms with van der Waals surface area (Å²) in [6, 6.07) is 11.8. The van der Waals surface area contributed by atoms with Gasteiger partial charge in [0.05, 0.1) is 23.5 Å². The van der Waals surface area contributed by atoms with E-state index in [1.165, 1.54) is 0 Å². The molecule has 4 aromatic heterocycles. The van der Waals surface area contributed by atoms with Crippen molar-refractivity contribution in [2.45, 2.75) is 6.61 Å². The van der Waals surface area contributed by atoms with Crippen LogP contribution in [-0.2, 0) is 11.4 Å². The highest BCUT2D eigenvalue weighted by Gasteiger charge is 2.21. The van der Waals surface area contributed by atoms with Crippen LogP contribution in [0.2, 0.25) is 0 Å². The fourth-order valence-electron chi connectivity index (χ4n) is 4.09. The molecule has 0 bridgehead atoms. The van der Waals surface area contributed by atoms with Crippen LogP contribution in [0.25, 0.3) is 16.6 Å². The van der Waals surface area contributed by atoms with Gasteiger partial charge in [-0.2, -0.15) is 10.4 Å². The number of pyridine rings is 3. The molecule has 0 aromatic carbocycles. The molecule has 0 unspecified atom stereocenters. The number of terminal acetylenes is 1. The van der Waals surface area contributed by atoms with Crippen molar-refractivity contribution in [2.75, 3.05) is 31.1 Å². The molecular formula is C26H21N7O2. The Labute approximate surface area is 202 Å². The molecule has 35 heavy (non-hydrogen) atoms. The molecule has 5 rings (SSSR count). The zero-order valence-electron chi connectivity index (χ0n) is 18.8. The second-order valence-electron chi connectivity index (χ2n) is 8.03. The van der Waals surface area contributed by atoms with E-state index in [0.717, 1.165) is 22.5 Å². The zero-order valence-corrected chi connectivity index (χ0v) is 18.8. The van der Waals surface area contributed by atoms with Crippen LogP contribution in [0, 0.1) is 23.7 Å². The number of carbonyl (C=O) groups is 1. The first-order valence-corrected chi connectivity index (χ1v) is 11.1. The number of carbonyl (C=O) groups excluding carboxylic acids is 1. The molecule has 0 spiro atoms. The molecule has 1 aliphatic heterocycles. The lowest BCUT2D eigenvalue weighted by atomic mass is 10.1. The average Bonchev–Trinajstić information content (AvgIpc) is 3.35.